The molecule has 0 fully saturated rings. The zero-order valence-corrected chi connectivity index (χ0v) is 13.9. The first-order valence-electron chi connectivity index (χ1n) is 8.22. The van der Waals surface area contributed by atoms with E-state index >= 15 is 0 Å². The van der Waals surface area contributed by atoms with Crippen molar-refractivity contribution >= 4 is 0 Å². The molecule has 1 aromatic rings. The largest absolute Gasteiger partial charge is 0.493 e. The number of nitrogens with two attached hydrogens (primary N) is 1. The van der Waals surface area contributed by atoms with Gasteiger partial charge in [-0.15, -0.1) is 0 Å². The minimum absolute atomic E-state index is 0.232. The summed E-state index contributed by atoms with van der Waals surface area (Å²) in [4.78, 5) is 0. The van der Waals surface area contributed by atoms with E-state index < -0.39 is 0 Å². The fourth-order valence-electron chi connectivity index (χ4n) is 3.28. The van der Waals surface area contributed by atoms with Crippen molar-refractivity contribution < 1.29 is 4.74 Å². The maximum Gasteiger partial charge on any atom is 0.122 e. The van der Waals surface area contributed by atoms with Crippen LogP contribution in [-0.2, 0) is 6.42 Å². The summed E-state index contributed by atoms with van der Waals surface area (Å²) in [7, 11) is 0. The van der Waals surface area contributed by atoms with Crippen LogP contribution >= 0.6 is 0 Å². The second-order valence-electron chi connectivity index (χ2n) is 6.81. The van der Waals surface area contributed by atoms with E-state index in [9.17, 15) is 0 Å². The number of hydrogen-bond acceptors (Lipinski definition) is 3. The van der Waals surface area contributed by atoms with E-state index in [1.165, 1.54) is 11.1 Å². The third-order valence-electron chi connectivity index (χ3n) is 4.66. The Morgan fingerprint density at radius 3 is 2.52 bits per heavy atom. The normalized spacial score (nSPS) is 15.6. The Kier molecular flexibility index (Phi) is 5.65. The lowest BCUT2D eigenvalue weighted by molar-refractivity contribution is 0.266. The molecule has 2 rings (SSSR count). The van der Waals surface area contributed by atoms with E-state index in [1.807, 2.05) is 0 Å². The summed E-state index contributed by atoms with van der Waals surface area (Å²) in [5, 5.41) is 3.67. The fraction of sp³-hybridized carbons (Fsp3) is 0.667. The zero-order valence-electron chi connectivity index (χ0n) is 13.9. The van der Waals surface area contributed by atoms with Gasteiger partial charge in [-0.2, -0.15) is 0 Å². The van der Waals surface area contributed by atoms with Gasteiger partial charge in [0.25, 0.3) is 0 Å². The summed E-state index contributed by atoms with van der Waals surface area (Å²) in [5.41, 5.74) is 8.60. The van der Waals surface area contributed by atoms with Gasteiger partial charge in [0.15, 0.2) is 0 Å². The number of ether oxygens (including phenoxy) is 1. The van der Waals surface area contributed by atoms with Crippen molar-refractivity contribution in [2.75, 3.05) is 19.7 Å². The highest BCUT2D eigenvalue weighted by Crippen LogP contribution is 2.28. The zero-order chi connectivity index (χ0) is 15.4. The first-order valence-corrected chi connectivity index (χ1v) is 8.22. The van der Waals surface area contributed by atoms with Crippen LogP contribution in [0.5, 0.6) is 5.75 Å². The summed E-state index contributed by atoms with van der Waals surface area (Å²) in [6.45, 7) is 11.7. The van der Waals surface area contributed by atoms with Crippen LogP contribution in [-0.4, -0.2) is 19.7 Å². The smallest absolute Gasteiger partial charge is 0.122 e. The predicted molar refractivity (Wildman–Crippen MR) is 88.6 cm³/mol. The van der Waals surface area contributed by atoms with Crippen molar-refractivity contribution in [3.05, 3.63) is 29.3 Å². The van der Waals surface area contributed by atoms with Crippen LogP contribution in [0.1, 0.15) is 44.9 Å². The van der Waals surface area contributed by atoms with E-state index in [2.05, 4.69) is 51.2 Å². The molecule has 1 aliphatic rings. The van der Waals surface area contributed by atoms with Crippen LogP contribution in [0.25, 0.3) is 0 Å². The SMILES string of the molecule is CC(C)C(CNC(CN)c1ccc2c(c1)CCO2)C(C)C. The molecule has 0 bridgehead atoms. The minimum atomic E-state index is 0.232. The second kappa shape index (κ2) is 7.28. The summed E-state index contributed by atoms with van der Waals surface area (Å²) < 4.78 is 5.58. The van der Waals surface area contributed by atoms with Gasteiger partial charge >= 0.3 is 0 Å². The molecule has 0 saturated heterocycles. The third kappa shape index (κ3) is 3.98. The van der Waals surface area contributed by atoms with Crippen LogP contribution in [0.4, 0.5) is 0 Å². The Balaban J connectivity index is 2.03. The Morgan fingerprint density at radius 1 is 1.19 bits per heavy atom. The van der Waals surface area contributed by atoms with Gasteiger partial charge in [0.1, 0.15) is 5.75 Å². The van der Waals surface area contributed by atoms with Gasteiger partial charge in [0.05, 0.1) is 6.61 Å². The van der Waals surface area contributed by atoms with Crippen LogP contribution in [0.15, 0.2) is 18.2 Å². The molecule has 0 spiro atoms. The van der Waals surface area contributed by atoms with Crippen LogP contribution in [0, 0.1) is 17.8 Å². The van der Waals surface area contributed by atoms with Crippen molar-refractivity contribution in [1.29, 1.82) is 0 Å². The first kappa shape index (κ1) is 16.3. The Labute approximate surface area is 129 Å². The summed E-state index contributed by atoms with van der Waals surface area (Å²) in [6.07, 6.45) is 1.01. The Morgan fingerprint density at radius 2 is 1.90 bits per heavy atom. The van der Waals surface area contributed by atoms with Gasteiger partial charge in [0.2, 0.25) is 0 Å². The second-order valence-corrected chi connectivity index (χ2v) is 6.81. The molecule has 3 N–H and O–H groups in total. The number of fused-ring (bicyclic) bond motifs is 1. The molecule has 0 saturated carbocycles. The van der Waals surface area contributed by atoms with Gasteiger partial charge in [0, 0.05) is 19.0 Å². The van der Waals surface area contributed by atoms with Crippen molar-refractivity contribution in [2.45, 2.75) is 40.2 Å². The molecule has 3 nitrogen and oxygen atoms in total. The van der Waals surface area contributed by atoms with Gasteiger partial charge in [-0.25, -0.2) is 0 Å². The lowest BCUT2D eigenvalue weighted by Crippen LogP contribution is -2.35. The average Bonchev–Trinajstić information content (AvgIpc) is 2.90. The summed E-state index contributed by atoms with van der Waals surface area (Å²) in [6, 6.07) is 6.72. The maximum absolute atomic E-state index is 5.99. The van der Waals surface area contributed by atoms with Crippen molar-refractivity contribution in [2.24, 2.45) is 23.5 Å². The molecule has 0 amide bonds. The van der Waals surface area contributed by atoms with Gasteiger partial charge < -0.3 is 15.8 Å². The van der Waals surface area contributed by atoms with E-state index in [0.29, 0.717) is 24.3 Å². The quantitative estimate of drug-likeness (QED) is 0.811. The van der Waals surface area contributed by atoms with Crippen molar-refractivity contribution in [3.8, 4) is 5.75 Å². The first-order chi connectivity index (χ1) is 10.0. The molecule has 3 heteroatoms. The molecule has 1 atom stereocenters. The standard InChI is InChI=1S/C18H30N2O/c1-12(2)16(13(3)4)11-20-17(10-19)14-5-6-18-15(9-14)7-8-21-18/h5-6,9,12-13,16-17,20H,7-8,10-11,19H2,1-4H3. The topological polar surface area (TPSA) is 47.3 Å². The molecule has 0 aliphatic carbocycles. The third-order valence-corrected chi connectivity index (χ3v) is 4.66. The van der Waals surface area contributed by atoms with E-state index in [4.69, 9.17) is 10.5 Å². The van der Waals surface area contributed by atoms with Crippen LogP contribution in [0.2, 0.25) is 0 Å². The maximum atomic E-state index is 5.99. The molecule has 1 aromatic carbocycles. The number of hydrogen-bond donors (Lipinski definition) is 2. The number of nitrogens with one attached hydrogen (secondary N) is 1. The van der Waals surface area contributed by atoms with E-state index in [-0.39, 0.29) is 6.04 Å². The van der Waals surface area contributed by atoms with E-state index in [0.717, 1.165) is 25.3 Å². The van der Waals surface area contributed by atoms with Crippen molar-refractivity contribution in [1.82, 2.24) is 5.32 Å². The number of rotatable bonds is 7. The molecule has 1 aliphatic heterocycles. The molecule has 1 unspecified atom stereocenters. The highest BCUT2D eigenvalue weighted by molar-refractivity contribution is 5.40. The fourth-order valence-corrected chi connectivity index (χ4v) is 3.28. The highest BCUT2D eigenvalue weighted by atomic mass is 16.5. The molecule has 0 aromatic heterocycles. The molecule has 0 radical (unpaired) electrons. The van der Waals surface area contributed by atoms with Crippen molar-refractivity contribution in [3.63, 3.8) is 0 Å². The summed E-state index contributed by atoms with van der Waals surface area (Å²) >= 11 is 0. The predicted octanol–water partition coefficient (Wildman–Crippen LogP) is 3.14. The number of benzene rings is 1. The van der Waals surface area contributed by atoms with Crippen LogP contribution < -0.4 is 15.8 Å². The average molecular weight is 290 g/mol. The summed E-state index contributed by atoms with van der Waals surface area (Å²) in [5.74, 6) is 3.09. The molecular weight excluding hydrogens is 260 g/mol. The van der Waals surface area contributed by atoms with E-state index in [1.54, 1.807) is 0 Å². The molecule has 1 heterocycles. The van der Waals surface area contributed by atoms with Gasteiger partial charge in [-0.05, 0) is 41.5 Å². The molecular formula is C18H30N2O. The monoisotopic (exact) mass is 290 g/mol. The molecule has 118 valence electrons. The lowest BCUT2D eigenvalue weighted by Gasteiger charge is -2.28. The van der Waals surface area contributed by atoms with Gasteiger partial charge in [-0.3, -0.25) is 0 Å². The molecule has 21 heavy (non-hydrogen) atoms. The van der Waals surface area contributed by atoms with Gasteiger partial charge in [-0.1, -0.05) is 39.8 Å². The van der Waals surface area contributed by atoms with Crippen LogP contribution in [0.3, 0.4) is 0 Å². The Bertz CT molecular complexity index is 449. The highest BCUT2D eigenvalue weighted by Gasteiger charge is 2.20. The minimum Gasteiger partial charge on any atom is -0.493 e. The lowest BCUT2D eigenvalue weighted by atomic mass is 9.85. The Hall–Kier alpha value is -1.06.